The van der Waals surface area contributed by atoms with E-state index < -0.39 is 0 Å². The van der Waals surface area contributed by atoms with Crippen LogP contribution in [0.5, 0.6) is 0 Å². The van der Waals surface area contributed by atoms with E-state index >= 15 is 0 Å². The molecule has 0 radical (unpaired) electrons. The number of aryl methyl sites for hydroxylation is 1. The van der Waals surface area contributed by atoms with Crippen molar-refractivity contribution < 1.29 is 4.79 Å². The second-order valence-electron chi connectivity index (χ2n) is 6.77. The van der Waals surface area contributed by atoms with Crippen LogP contribution < -0.4 is 5.32 Å². The van der Waals surface area contributed by atoms with Gasteiger partial charge in [0.2, 0.25) is 0 Å². The van der Waals surface area contributed by atoms with E-state index in [9.17, 15) is 4.79 Å². The number of carbonyl (C=O) groups excluding carboxylic acids is 1. The number of hydrogen-bond acceptors (Lipinski definition) is 3. The van der Waals surface area contributed by atoms with Gasteiger partial charge in [-0.05, 0) is 55.9 Å². The minimum absolute atomic E-state index is 0.0667. The van der Waals surface area contributed by atoms with Crippen LogP contribution in [0.15, 0.2) is 42.6 Å². The molecule has 25 heavy (non-hydrogen) atoms. The van der Waals surface area contributed by atoms with Gasteiger partial charge >= 0.3 is 0 Å². The Bertz CT molecular complexity index is 711. The number of benzene rings is 1. The van der Waals surface area contributed by atoms with Gasteiger partial charge in [-0.25, -0.2) is 4.98 Å². The maximum atomic E-state index is 12.7. The van der Waals surface area contributed by atoms with Crippen molar-refractivity contribution in [3.63, 3.8) is 0 Å². The zero-order valence-electron chi connectivity index (χ0n) is 15.2. The lowest BCUT2D eigenvalue weighted by molar-refractivity contribution is 0.0602. The summed E-state index contributed by atoms with van der Waals surface area (Å²) in [6.07, 6.45) is 6.20. The van der Waals surface area contributed by atoms with Gasteiger partial charge in [0.05, 0.1) is 11.9 Å². The van der Waals surface area contributed by atoms with Crippen molar-refractivity contribution in [1.29, 1.82) is 0 Å². The third-order valence-electron chi connectivity index (χ3n) is 5.09. The predicted octanol–water partition coefficient (Wildman–Crippen LogP) is 4.41. The number of rotatable bonds is 5. The first-order valence-electron chi connectivity index (χ1n) is 9.24. The SMILES string of the molecule is CCC1CCCCN1C(=O)c1ccc(NCc2ccccc2C)cn1. The molecule has 0 saturated carbocycles. The fourth-order valence-electron chi connectivity index (χ4n) is 3.47. The number of hydrogen-bond donors (Lipinski definition) is 1. The average Bonchev–Trinajstić information content (AvgIpc) is 2.67. The van der Waals surface area contributed by atoms with Gasteiger partial charge in [-0.2, -0.15) is 0 Å². The molecule has 2 aromatic rings. The van der Waals surface area contributed by atoms with E-state index in [1.807, 2.05) is 29.2 Å². The normalized spacial score (nSPS) is 17.4. The Balaban J connectivity index is 1.63. The molecule has 4 heteroatoms. The van der Waals surface area contributed by atoms with Crippen molar-refractivity contribution in [3.8, 4) is 0 Å². The van der Waals surface area contributed by atoms with Crippen molar-refractivity contribution in [2.24, 2.45) is 0 Å². The van der Waals surface area contributed by atoms with Crippen LogP contribution in [0.2, 0.25) is 0 Å². The van der Waals surface area contributed by atoms with Crippen LogP contribution in [-0.2, 0) is 6.54 Å². The molecule has 1 aromatic heterocycles. The third kappa shape index (κ3) is 4.19. The summed E-state index contributed by atoms with van der Waals surface area (Å²) in [7, 11) is 0. The Labute approximate surface area is 150 Å². The number of piperidine rings is 1. The van der Waals surface area contributed by atoms with E-state index in [0.29, 0.717) is 11.7 Å². The number of nitrogens with one attached hydrogen (secondary N) is 1. The molecule has 132 valence electrons. The first kappa shape index (κ1) is 17.5. The van der Waals surface area contributed by atoms with Gasteiger partial charge in [-0.3, -0.25) is 4.79 Å². The third-order valence-corrected chi connectivity index (χ3v) is 5.09. The standard InChI is InChI=1S/C21H27N3O/c1-3-19-10-6-7-13-24(19)21(25)20-12-11-18(15-23-20)22-14-17-9-5-4-8-16(17)2/h4-5,8-9,11-12,15,19,22H,3,6-7,10,13-14H2,1-2H3. The van der Waals surface area contributed by atoms with Crippen molar-refractivity contribution in [2.45, 2.75) is 52.1 Å². The number of carbonyl (C=O) groups is 1. The number of nitrogens with zero attached hydrogens (tertiary/aromatic N) is 2. The quantitative estimate of drug-likeness (QED) is 0.879. The van der Waals surface area contributed by atoms with E-state index in [2.05, 4.69) is 36.3 Å². The summed E-state index contributed by atoms with van der Waals surface area (Å²) in [5, 5.41) is 3.38. The first-order chi connectivity index (χ1) is 12.2. The maximum absolute atomic E-state index is 12.7. The highest BCUT2D eigenvalue weighted by Gasteiger charge is 2.26. The monoisotopic (exact) mass is 337 g/mol. The Morgan fingerprint density at radius 1 is 1.24 bits per heavy atom. The molecule has 1 fully saturated rings. The van der Waals surface area contributed by atoms with Gasteiger partial charge < -0.3 is 10.2 Å². The molecular weight excluding hydrogens is 310 g/mol. The van der Waals surface area contributed by atoms with Crippen LogP contribution in [0, 0.1) is 6.92 Å². The molecule has 1 N–H and O–H groups in total. The van der Waals surface area contributed by atoms with Gasteiger partial charge in [0.15, 0.2) is 0 Å². The lowest BCUT2D eigenvalue weighted by Gasteiger charge is -2.35. The second-order valence-corrected chi connectivity index (χ2v) is 6.77. The topological polar surface area (TPSA) is 45.2 Å². The molecule has 1 aromatic carbocycles. The fourth-order valence-corrected chi connectivity index (χ4v) is 3.47. The fraction of sp³-hybridized carbons (Fsp3) is 0.429. The zero-order valence-corrected chi connectivity index (χ0v) is 15.2. The van der Waals surface area contributed by atoms with Crippen LogP contribution in [0.3, 0.4) is 0 Å². The highest BCUT2D eigenvalue weighted by atomic mass is 16.2. The average molecular weight is 337 g/mol. The van der Waals surface area contributed by atoms with Crippen molar-refractivity contribution in [1.82, 2.24) is 9.88 Å². The van der Waals surface area contributed by atoms with Crippen LogP contribution in [0.4, 0.5) is 5.69 Å². The van der Waals surface area contributed by atoms with Crippen molar-refractivity contribution in [2.75, 3.05) is 11.9 Å². The molecule has 3 rings (SSSR count). The van der Waals surface area contributed by atoms with Gasteiger partial charge in [0, 0.05) is 19.1 Å². The Kier molecular flexibility index (Phi) is 5.69. The molecule has 1 unspecified atom stereocenters. The van der Waals surface area contributed by atoms with Gasteiger partial charge in [-0.1, -0.05) is 31.2 Å². The minimum Gasteiger partial charge on any atom is -0.380 e. The molecular formula is C21H27N3O. The summed E-state index contributed by atoms with van der Waals surface area (Å²) in [4.78, 5) is 19.2. The number of pyridine rings is 1. The molecule has 1 amide bonds. The summed E-state index contributed by atoms with van der Waals surface area (Å²) in [5.41, 5.74) is 4.01. The Morgan fingerprint density at radius 3 is 2.80 bits per heavy atom. The summed E-state index contributed by atoms with van der Waals surface area (Å²) in [6.45, 7) is 5.88. The summed E-state index contributed by atoms with van der Waals surface area (Å²) >= 11 is 0. The molecule has 0 aliphatic carbocycles. The molecule has 1 aliphatic heterocycles. The smallest absolute Gasteiger partial charge is 0.272 e. The number of amides is 1. The Morgan fingerprint density at radius 2 is 2.08 bits per heavy atom. The van der Waals surface area contributed by atoms with Crippen LogP contribution in [0.1, 0.15) is 54.2 Å². The van der Waals surface area contributed by atoms with E-state index in [1.54, 1.807) is 6.20 Å². The molecule has 1 aliphatic rings. The zero-order chi connectivity index (χ0) is 17.6. The molecule has 1 saturated heterocycles. The van der Waals surface area contributed by atoms with E-state index in [4.69, 9.17) is 0 Å². The van der Waals surface area contributed by atoms with E-state index in [0.717, 1.165) is 38.0 Å². The molecule has 0 spiro atoms. The number of anilines is 1. The lowest BCUT2D eigenvalue weighted by Crippen LogP contribution is -2.43. The van der Waals surface area contributed by atoms with Crippen molar-refractivity contribution in [3.05, 3.63) is 59.4 Å². The van der Waals surface area contributed by atoms with Gasteiger partial charge in [0.25, 0.3) is 5.91 Å². The summed E-state index contributed by atoms with van der Waals surface area (Å²) in [6, 6.07) is 12.5. The first-order valence-corrected chi connectivity index (χ1v) is 9.24. The van der Waals surface area contributed by atoms with E-state index in [1.165, 1.54) is 17.5 Å². The van der Waals surface area contributed by atoms with Crippen LogP contribution in [0.25, 0.3) is 0 Å². The largest absolute Gasteiger partial charge is 0.380 e. The van der Waals surface area contributed by atoms with Gasteiger partial charge in [0.1, 0.15) is 5.69 Å². The highest BCUT2D eigenvalue weighted by Crippen LogP contribution is 2.21. The molecule has 0 bridgehead atoms. The Hall–Kier alpha value is -2.36. The lowest BCUT2D eigenvalue weighted by atomic mass is 9.99. The maximum Gasteiger partial charge on any atom is 0.272 e. The van der Waals surface area contributed by atoms with E-state index in [-0.39, 0.29) is 5.91 Å². The molecule has 1 atom stereocenters. The van der Waals surface area contributed by atoms with Crippen LogP contribution >= 0.6 is 0 Å². The van der Waals surface area contributed by atoms with Gasteiger partial charge in [-0.15, -0.1) is 0 Å². The van der Waals surface area contributed by atoms with Crippen LogP contribution in [-0.4, -0.2) is 28.4 Å². The summed E-state index contributed by atoms with van der Waals surface area (Å²) in [5.74, 6) is 0.0667. The molecule has 2 heterocycles. The van der Waals surface area contributed by atoms with Crippen molar-refractivity contribution >= 4 is 11.6 Å². The molecule has 4 nitrogen and oxygen atoms in total. The number of likely N-dealkylation sites (tertiary alicyclic amines) is 1. The summed E-state index contributed by atoms with van der Waals surface area (Å²) < 4.78 is 0. The number of aromatic nitrogens is 1. The minimum atomic E-state index is 0.0667. The highest BCUT2D eigenvalue weighted by molar-refractivity contribution is 5.92. The second kappa shape index (κ2) is 8.15. The predicted molar refractivity (Wildman–Crippen MR) is 102 cm³/mol.